The predicted molar refractivity (Wildman–Crippen MR) is 89.7 cm³/mol. The van der Waals surface area contributed by atoms with Crippen LogP contribution in [-0.4, -0.2) is 34.6 Å². The first-order valence-corrected chi connectivity index (χ1v) is 8.45. The van der Waals surface area contributed by atoms with Crippen LogP contribution in [0, 0.1) is 5.92 Å². The zero-order valence-corrected chi connectivity index (χ0v) is 14.1. The van der Waals surface area contributed by atoms with Crippen molar-refractivity contribution >= 4 is 15.9 Å². The highest BCUT2D eigenvalue weighted by Gasteiger charge is 2.20. The molecule has 22 heavy (non-hydrogen) atoms. The van der Waals surface area contributed by atoms with Gasteiger partial charge in [0.05, 0.1) is 11.1 Å². The Kier molecular flexibility index (Phi) is 5.40. The summed E-state index contributed by atoms with van der Waals surface area (Å²) in [7, 11) is 0. The predicted octanol–water partition coefficient (Wildman–Crippen LogP) is 3.53. The number of hydrogen-bond donors (Lipinski definition) is 0. The Morgan fingerprint density at radius 2 is 1.95 bits per heavy atom. The first kappa shape index (κ1) is 15.4. The summed E-state index contributed by atoms with van der Waals surface area (Å²) < 4.78 is 6.60. The molecule has 0 aliphatic carbocycles. The highest BCUT2D eigenvalue weighted by molar-refractivity contribution is 9.10. The van der Waals surface area contributed by atoms with Crippen LogP contribution in [0.5, 0.6) is 6.01 Å². The van der Waals surface area contributed by atoms with Gasteiger partial charge in [-0.1, -0.05) is 30.3 Å². The molecule has 1 aliphatic heterocycles. The largest absolute Gasteiger partial charge is 0.463 e. The number of ether oxygens (including phenoxy) is 1. The highest BCUT2D eigenvalue weighted by atomic mass is 79.9. The van der Waals surface area contributed by atoms with Gasteiger partial charge in [0.2, 0.25) is 0 Å². The number of benzene rings is 1. The Labute approximate surface area is 139 Å². The zero-order valence-electron chi connectivity index (χ0n) is 12.5. The second kappa shape index (κ2) is 7.70. The van der Waals surface area contributed by atoms with Crippen molar-refractivity contribution in [3.05, 3.63) is 52.8 Å². The van der Waals surface area contributed by atoms with Gasteiger partial charge in [-0.05, 0) is 40.9 Å². The fraction of sp³-hybridized carbons (Fsp3) is 0.412. The van der Waals surface area contributed by atoms with Gasteiger partial charge in [0.15, 0.2) is 0 Å². The fourth-order valence-electron chi connectivity index (χ4n) is 2.84. The summed E-state index contributed by atoms with van der Waals surface area (Å²) in [5.74, 6) is 0.546. The second-order valence-electron chi connectivity index (χ2n) is 5.72. The minimum atomic E-state index is 0.461. The van der Waals surface area contributed by atoms with Gasteiger partial charge in [0.1, 0.15) is 0 Å². The van der Waals surface area contributed by atoms with Gasteiger partial charge in [-0.2, -0.15) is 0 Å². The molecular weight excluding hydrogens is 342 g/mol. The summed E-state index contributed by atoms with van der Waals surface area (Å²) in [6, 6.07) is 11.1. The SMILES string of the molecule is Brc1cnc(OCC2CCCN(Cc3ccccc3)C2)nc1. The van der Waals surface area contributed by atoms with Crippen LogP contribution in [0.4, 0.5) is 0 Å². The van der Waals surface area contributed by atoms with Crippen LogP contribution in [0.1, 0.15) is 18.4 Å². The molecule has 1 aromatic heterocycles. The molecule has 116 valence electrons. The summed E-state index contributed by atoms with van der Waals surface area (Å²) >= 11 is 3.33. The third-order valence-corrected chi connectivity index (χ3v) is 4.31. The van der Waals surface area contributed by atoms with Crippen molar-refractivity contribution in [2.24, 2.45) is 5.92 Å². The minimum Gasteiger partial charge on any atom is -0.463 e. The van der Waals surface area contributed by atoms with Crippen LogP contribution >= 0.6 is 15.9 Å². The quantitative estimate of drug-likeness (QED) is 0.816. The van der Waals surface area contributed by atoms with Crippen LogP contribution < -0.4 is 4.74 Å². The zero-order chi connectivity index (χ0) is 15.2. The van der Waals surface area contributed by atoms with Crippen LogP contribution in [0.15, 0.2) is 47.2 Å². The number of piperidine rings is 1. The summed E-state index contributed by atoms with van der Waals surface area (Å²) in [5, 5.41) is 0. The van der Waals surface area contributed by atoms with Gasteiger partial charge < -0.3 is 4.74 Å². The molecule has 1 unspecified atom stereocenters. The summed E-state index contributed by atoms with van der Waals surface area (Å²) in [6.07, 6.45) is 5.86. The van der Waals surface area contributed by atoms with Gasteiger partial charge in [-0.25, -0.2) is 9.97 Å². The van der Waals surface area contributed by atoms with Crippen LogP contribution in [0.25, 0.3) is 0 Å². The Morgan fingerprint density at radius 3 is 2.73 bits per heavy atom. The smallest absolute Gasteiger partial charge is 0.316 e. The lowest BCUT2D eigenvalue weighted by Crippen LogP contribution is -2.37. The van der Waals surface area contributed by atoms with Gasteiger partial charge in [0.25, 0.3) is 0 Å². The monoisotopic (exact) mass is 361 g/mol. The van der Waals surface area contributed by atoms with Crippen molar-refractivity contribution in [2.75, 3.05) is 19.7 Å². The molecular formula is C17H20BrN3O. The first-order chi connectivity index (χ1) is 10.8. The molecule has 1 atom stereocenters. The van der Waals surface area contributed by atoms with Crippen molar-refractivity contribution in [1.82, 2.24) is 14.9 Å². The van der Waals surface area contributed by atoms with E-state index >= 15 is 0 Å². The van der Waals surface area contributed by atoms with Gasteiger partial charge in [-0.15, -0.1) is 0 Å². The molecule has 1 fully saturated rings. The lowest BCUT2D eigenvalue weighted by Gasteiger charge is -2.32. The Bertz CT molecular complexity index is 576. The summed E-state index contributed by atoms with van der Waals surface area (Å²) in [4.78, 5) is 10.8. The molecule has 0 amide bonds. The minimum absolute atomic E-state index is 0.461. The molecule has 3 rings (SSSR count). The van der Waals surface area contributed by atoms with E-state index in [0.717, 1.165) is 17.6 Å². The van der Waals surface area contributed by atoms with Crippen molar-refractivity contribution in [1.29, 1.82) is 0 Å². The number of aromatic nitrogens is 2. The molecule has 2 heterocycles. The third kappa shape index (κ3) is 4.52. The lowest BCUT2D eigenvalue weighted by molar-refractivity contribution is 0.120. The third-order valence-electron chi connectivity index (χ3n) is 3.90. The van der Waals surface area contributed by atoms with Crippen molar-refractivity contribution < 1.29 is 4.74 Å². The molecule has 1 aliphatic rings. The van der Waals surface area contributed by atoms with E-state index in [-0.39, 0.29) is 0 Å². The number of halogens is 1. The van der Waals surface area contributed by atoms with Gasteiger partial charge in [0, 0.05) is 31.4 Å². The fourth-order valence-corrected chi connectivity index (χ4v) is 3.04. The topological polar surface area (TPSA) is 38.2 Å². The van der Waals surface area contributed by atoms with E-state index in [0.29, 0.717) is 18.5 Å². The van der Waals surface area contributed by atoms with E-state index in [4.69, 9.17) is 4.74 Å². The average Bonchev–Trinajstić information content (AvgIpc) is 2.56. The van der Waals surface area contributed by atoms with E-state index in [1.165, 1.54) is 24.9 Å². The molecule has 2 aromatic rings. The van der Waals surface area contributed by atoms with Crippen LogP contribution in [0.3, 0.4) is 0 Å². The molecule has 0 spiro atoms. The van der Waals surface area contributed by atoms with Crippen LogP contribution in [0.2, 0.25) is 0 Å². The molecule has 4 nitrogen and oxygen atoms in total. The normalized spacial score (nSPS) is 19.0. The van der Waals surface area contributed by atoms with E-state index in [9.17, 15) is 0 Å². The van der Waals surface area contributed by atoms with Gasteiger partial charge >= 0.3 is 6.01 Å². The van der Waals surface area contributed by atoms with E-state index in [2.05, 4.69) is 61.1 Å². The lowest BCUT2D eigenvalue weighted by atomic mass is 9.98. The van der Waals surface area contributed by atoms with E-state index < -0.39 is 0 Å². The summed E-state index contributed by atoms with van der Waals surface area (Å²) in [5.41, 5.74) is 1.38. The standard InChI is InChI=1S/C17H20BrN3O/c18-16-9-19-17(20-10-16)22-13-15-7-4-8-21(12-15)11-14-5-2-1-3-6-14/h1-3,5-6,9-10,15H,4,7-8,11-13H2. The first-order valence-electron chi connectivity index (χ1n) is 7.66. The van der Waals surface area contributed by atoms with Crippen molar-refractivity contribution in [2.45, 2.75) is 19.4 Å². The number of nitrogens with zero attached hydrogens (tertiary/aromatic N) is 3. The van der Waals surface area contributed by atoms with Gasteiger partial charge in [-0.3, -0.25) is 4.90 Å². The summed E-state index contributed by atoms with van der Waals surface area (Å²) in [6.45, 7) is 3.95. The molecule has 1 aromatic carbocycles. The van der Waals surface area contributed by atoms with E-state index in [1.807, 2.05) is 0 Å². The van der Waals surface area contributed by atoms with Crippen LogP contribution in [-0.2, 0) is 6.54 Å². The number of hydrogen-bond acceptors (Lipinski definition) is 4. The number of rotatable bonds is 5. The molecule has 5 heteroatoms. The maximum Gasteiger partial charge on any atom is 0.316 e. The number of likely N-dealkylation sites (tertiary alicyclic amines) is 1. The molecule has 0 bridgehead atoms. The molecule has 0 N–H and O–H groups in total. The molecule has 0 saturated carbocycles. The second-order valence-corrected chi connectivity index (χ2v) is 6.64. The van der Waals surface area contributed by atoms with Crippen molar-refractivity contribution in [3.63, 3.8) is 0 Å². The Balaban J connectivity index is 1.49. The molecule has 1 saturated heterocycles. The van der Waals surface area contributed by atoms with Crippen molar-refractivity contribution in [3.8, 4) is 6.01 Å². The maximum absolute atomic E-state index is 5.73. The average molecular weight is 362 g/mol. The Morgan fingerprint density at radius 1 is 1.18 bits per heavy atom. The molecule has 0 radical (unpaired) electrons. The highest BCUT2D eigenvalue weighted by Crippen LogP contribution is 2.19. The van der Waals surface area contributed by atoms with E-state index in [1.54, 1.807) is 12.4 Å². The Hall–Kier alpha value is -1.46. The maximum atomic E-state index is 5.73.